The summed E-state index contributed by atoms with van der Waals surface area (Å²) in [6.07, 6.45) is -3.56. The van der Waals surface area contributed by atoms with Crippen LogP contribution in [0.4, 0.5) is 4.79 Å². The van der Waals surface area contributed by atoms with E-state index in [4.69, 9.17) is 23.7 Å². The number of nitrogens with zero attached hydrogens (tertiary/aromatic N) is 7. The third-order valence-electron chi connectivity index (χ3n) is 13.1. The van der Waals surface area contributed by atoms with Gasteiger partial charge in [-0.05, 0) is 79.6 Å². The Hall–Kier alpha value is -3.74. The van der Waals surface area contributed by atoms with Crippen LogP contribution in [0.5, 0.6) is 0 Å². The first-order valence-electron chi connectivity index (χ1n) is 20.7. The Kier molecular flexibility index (Phi) is 12.9. The number of hydroxylamine groups is 1. The zero-order valence-electron chi connectivity index (χ0n) is 35.9. The van der Waals surface area contributed by atoms with Crippen molar-refractivity contribution in [3.8, 4) is 0 Å². The second-order valence-corrected chi connectivity index (χ2v) is 17.4. The first-order valence-corrected chi connectivity index (χ1v) is 20.7. The highest BCUT2D eigenvalue weighted by molar-refractivity contribution is 6.00. The SMILES string of the molecule is CC[C@@H]1OC(=O)[C@H](C)C(=O)[C@H](C)[C@@H](O[C@@H]2O[C@H](C)C[C@H](N(C)C)[C@H]2O)[C@@](C)(OC)C[C@@H](C)C2=[N+]([O-])CN(CCCn3nc4ccccc4n3)N3C(=O)O[C@@]1(C)[C@H]3[C@@H]2C. The molecule has 4 aliphatic heterocycles. The number of hydrazine groups is 1. The summed E-state index contributed by atoms with van der Waals surface area (Å²) >= 11 is 0. The summed E-state index contributed by atoms with van der Waals surface area (Å²) < 4.78 is 32.6. The molecule has 17 nitrogen and oxygen atoms in total. The fourth-order valence-electron chi connectivity index (χ4n) is 9.99. The van der Waals surface area contributed by atoms with Gasteiger partial charge in [0.2, 0.25) is 6.67 Å². The normalized spacial score (nSPS) is 38.2. The number of cyclic esters (lactones) is 1. The van der Waals surface area contributed by atoms with Gasteiger partial charge in [-0.3, -0.25) is 9.59 Å². The van der Waals surface area contributed by atoms with E-state index in [1.807, 2.05) is 77.9 Å². The summed E-state index contributed by atoms with van der Waals surface area (Å²) in [6.45, 7) is 14.8. The molecule has 2 aromatic rings. The molecule has 0 aliphatic carbocycles. The average Bonchev–Trinajstić information content (AvgIpc) is 3.68. The fourth-order valence-corrected chi connectivity index (χ4v) is 9.99. The number of aliphatic hydroxyl groups excluding tert-OH is 1. The van der Waals surface area contributed by atoms with Gasteiger partial charge in [0.05, 0.1) is 30.3 Å². The van der Waals surface area contributed by atoms with Crippen LogP contribution < -0.4 is 0 Å². The lowest BCUT2D eigenvalue weighted by Gasteiger charge is -2.47. The van der Waals surface area contributed by atoms with Crippen LogP contribution >= 0.6 is 0 Å². The van der Waals surface area contributed by atoms with Crippen LogP contribution in [0, 0.1) is 28.9 Å². The smallest absolute Gasteiger partial charge is 0.425 e. The third-order valence-corrected chi connectivity index (χ3v) is 13.1. The topological polar surface area (TPSA) is 184 Å². The van der Waals surface area contributed by atoms with Crippen molar-refractivity contribution in [2.75, 3.05) is 34.4 Å². The Balaban J connectivity index is 1.40. The molecule has 13 atom stereocenters. The van der Waals surface area contributed by atoms with E-state index < -0.39 is 83.4 Å². The average molecular weight is 814 g/mol. The molecule has 6 rings (SSSR count). The van der Waals surface area contributed by atoms with Crippen molar-refractivity contribution in [2.45, 2.75) is 142 Å². The highest BCUT2D eigenvalue weighted by atomic mass is 16.7. The number of fused-ring (bicyclic) bond motifs is 2. The molecule has 3 fully saturated rings. The van der Waals surface area contributed by atoms with Crippen LogP contribution in [0.3, 0.4) is 0 Å². The van der Waals surface area contributed by atoms with Crippen molar-refractivity contribution in [3.63, 3.8) is 0 Å². The van der Waals surface area contributed by atoms with Gasteiger partial charge in [0, 0.05) is 31.5 Å². The fraction of sp³-hybridized carbons (Fsp3) is 0.756. The molecule has 0 saturated carbocycles. The lowest BCUT2D eigenvalue weighted by Crippen LogP contribution is -2.61. The van der Waals surface area contributed by atoms with Gasteiger partial charge in [0.25, 0.3) is 0 Å². The summed E-state index contributed by atoms with van der Waals surface area (Å²) in [7, 11) is 5.28. The number of aromatic nitrogens is 3. The highest BCUT2D eigenvalue weighted by Crippen LogP contribution is 2.44. The zero-order valence-corrected chi connectivity index (χ0v) is 35.9. The number of aryl methyl sites for hydroxylation is 1. The molecule has 58 heavy (non-hydrogen) atoms. The predicted octanol–water partition coefficient (Wildman–Crippen LogP) is 3.60. The molecular weight excluding hydrogens is 750 g/mol. The van der Waals surface area contributed by atoms with Gasteiger partial charge in [0.1, 0.15) is 35.2 Å². The molecule has 2 bridgehead atoms. The zero-order chi connectivity index (χ0) is 42.4. The lowest BCUT2D eigenvalue weighted by molar-refractivity contribution is -0.494. The first kappa shape index (κ1) is 43.8. The Morgan fingerprint density at radius 2 is 1.69 bits per heavy atom. The van der Waals surface area contributed by atoms with E-state index >= 15 is 0 Å². The first-order chi connectivity index (χ1) is 27.3. The van der Waals surface area contributed by atoms with E-state index in [0.717, 1.165) is 15.8 Å². The summed E-state index contributed by atoms with van der Waals surface area (Å²) in [5.74, 6) is -4.48. The van der Waals surface area contributed by atoms with Gasteiger partial charge in [-0.1, -0.05) is 39.8 Å². The number of hydrogen-bond acceptors (Lipinski definition) is 14. The molecule has 0 unspecified atom stereocenters. The number of likely N-dealkylation sites (N-methyl/N-ethyl adjacent to an activating group) is 1. The number of amides is 1. The van der Waals surface area contributed by atoms with Gasteiger partial charge in [-0.25, -0.2) is 9.80 Å². The van der Waals surface area contributed by atoms with E-state index in [2.05, 4.69) is 10.2 Å². The molecular formula is C41H63N7O10. The van der Waals surface area contributed by atoms with Crippen LogP contribution in [0.25, 0.3) is 11.0 Å². The molecule has 3 saturated heterocycles. The quantitative estimate of drug-likeness (QED) is 0.168. The number of hydrogen-bond donors (Lipinski definition) is 1. The summed E-state index contributed by atoms with van der Waals surface area (Å²) in [5.41, 5.74) is -0.631. The van der Waals surface area contributed by atoms with Gasteiger partial charge in [0.15, 0.2) is 23.4 Å². The van der Waals surface area contributed by atoms with Gasteiger partial charge < -0.3 is 38.9 Å². The van der Waals surface area contributed by atoms with Crippen LogP contribution in [-0.2, 0) is 39.8 Å². The van der Waals surface area contributed by atoms with Crippen molar-refractivity contribution >= 4 is 34.6 Å². The minimum absolute atomic E-state index is 0.182. The summed E-state index contributed by atoms with van der Waals surface area (Å²) in [4.78, 5) is 46.1. The van der Waals surface area contributed by atoms with Crippen molar-refractivity contribution in [3.05, 3.63) is 29.5 Å². The minimum atomic E-state index is -1.40. The van der Waals surface area contributed by atoms with Crippen LogP contribution in [-0.4, -0.2) is 152 Å². The number of carbonyl (C=O) groups excluding carboxylic acids is 3. The lowest BCUT2D eigenvalue weighted by atomic mass is 9.73. The molecule has 4 aliphatic rings. The van der Waals surface area contributed by atoms with E-state index in [-0.39, 0.29) is 38.2 Å². The maximum atomic E-state index is 14.6. The molecule has 1 amide bonds. The third kappa shape index (κ3) is 8.09. The molecule has 17 heteroatoms. The summed E-state index contributed by atoms with van der Waals surface area (Å²) in [6, 6.07) is 6.52. The van der Waals surface area contributed by atoms with Crippen molar-refractivity contribution in [2.24, 2.45) is 23.7 Å². The number of Topliss-reactive ketones (excluding diaryl/α,β-unsaturated/α-hetero) is 1. The standard InChI is InChI=1S/C41H63N7O10/c1-12-31-41(8)35-25(4)32(46(53)22-45(48(35)39(52)58-41)18-15-19-47-42-28-16-13-14-17-29(28)43-47)23(2)21-40(7,54-11)36(26(5)33(49)27(6)37(51)56-31)57-38-34(50)30(44(9)10)20-24(3)55-38/h13-14,16-17,23-27,30-31,34-36,38,50H,12,15,18-22H2,1-11H3/t23-,24-,25-,26+,27-,30+,31+,34-,35-,36-,38+,40+,41-/m1/s1. The maximum Gasteiger partial charge on any atom is 0.425 e. The largest absolute Gasteiger partial charge is 0.623 e. The number of ketones is 1. The van der Waals surface area contributed by atoms with Crippen molar-refractivity contribution in [1.29, 1.82) is 0 Å². The molecule has 1 N–H and O–H groups in total. The van der Waals surface area contributed by atoms with Crippen LogP contribution in [0.2, 0.25) is 0 Å². The van der Waals surface area contributed by atoms with E-state index in [9.17, 15) is 24.7 Å². The minimum Gasteiger partial charge on any atom is -0.623 e. The molecule has 0 radical (unpaired) electrons. The van der Waals surface area contributed by atoms with Crippen molar-refractivity contribution < 1.29 is 47.9 Å². The Morgan fingerprint density at radius 1 is 1.03 bits per heavy atom. The Morgan fingerprint density at radius 3 is 2.29 bits per heavy atom. The second kappa shape index (κ2) is 17.1. The molecule has 0 spiro atoms. The van der Waals surface area contributed by atoms with E-state index in [1.165, 1.54) is 19.0 Å². The predicted molar refractivity (Wildman–Crippen MR) is 212 cm³/mol. The molecule has 1 aromatic heterocycles. The monoisotopic (exact) mass is 813 g/mol. The number of benzene rings is 1. The number of methoxy groups -OCH3 is 1. The second-order valence-electron chi connectivity index (χ2n) is 17.4. The van der Waals surface area contributed by atoms with Crippen LogP contribution in [0.15, 0.2) is 24.3 Å². The van der Waals surface area contributed by atoms with Crippen molar-refractivity contribution in [1.82, 2.24) is 29.9 Å². The van der Waals surface area contributed by atoms with E-state index in [1.54, 1.807) is 23.7 Å². The summed E-state index contributed by atoms with van der Waals surface area (Å²) in [5, 5.41) is 38.5. The number of rotatable bonds is 9. The van der Waals surface area contributed by atoms with Gasteiger partial charge in [-0.2, -0.15) is 24.7 Å². The van der Waals surface area contributed by atoms with E-state index in [0.29, 0.717) is 25.1 Å². The highest BCUT2D eigenvalue weighted by Gasteiger charge is 2.63. The number of ether oxygens (including phenoxy) is 5. The molecule has 5 heterocycles. The molecule has 1 aromatic carbocycles. The van der Waals surface area contributed by atoms with Crippen LogP contribution in [0.1, 0.15) is 81.1 Å². The maximum absolute atomic E-state index is 14.6. The number of aliphatic hydroxyl groups is 1. The number of carbonyl (C=O) groups is 3. The Bertz CT molecular complexity index is 1820. The number of esters is 1. The van der Waals surface area contributed by atoms with Gasteiger partial charge in [-0.15, -0.1) is 0 Å². The van der Waals surface area contributed by atoms with Gasteiger partial charge >= 0.3 is 12.1 Å². The molecule has 322 valence electrons. The Labute approximate surface area is 341 Å².